The predicted octanol–water partition coefficient (Wildman–Crippen LogP) is 3.28. The van der Waals surface area contributed by atoms with Crippen molar-refractivity contribution in [1.82, 2.24) is 19.7 Å². The highest BCUT2D eigenvalue weighted by atomic mass is 19.1. The zero-order chi connectivity index (χ0) is 23.4. The minimum absolute atomic E-state index is 0.0138. The van der Waals surface area contributed by atoms with Gasteiger partial charge >= 0.3 is 0 Å². The monoisotopic (exact) mass is 452 g/mol. The van der Waals surface area contributed by atoms with Crippen molar-refractivity contribution in [3.05, 3.63) is 77.9 Å². The average molecular weight is 453 g/mol. The van der Waals surface area contributed by atoms with Gasteiger partial charge in [-0.25, -0.2) is 18.4 Å². The van der Waals surface area contributed by atoms with Gasteiger partial charge < -0.3 is 10.4 Å². The number of aromatic nitrogens is 3. The van der Waals surface area contributed by atoms with Crippen LogP contribution < -0.4 is 5.32 Å². The van der Waals surface area contributed by atoms with Crippen molar-refractivity contribution in [2.24, 2.45) is 0 Å². The molecular weight excluding hydrogens is 426 g/mol. The Hall–Kier alpha value is -3.35. The molecule has 2 heterocycles. The van der Waals surface area contributed by atoms with Crippen LogP contribution in [0.15, 0.2) is 55.1 Å². The van der Waals surface area contributed by atoms with Crippen molar-refractivity contribution in [2.75, 3.05) is 18.4 Å². The zero-order valence-electron chi connectivity index (χ0n) is 18.3. The first kappa shape index (κ1) is 22.8. The smallest absolute Gasteiger partial charge is 0.137 e. The molecule has 2 atom stereocenters. The Kier molecular flexibility index (Phi) is 6.67. The van der Waals surface area contributed by atoms with E-state index in [2.05, 4.69) is 26.4 Å². The van der Waals surface area contributed by atoms with Gasteiger partial charge in [-0.2, -0.15) is 10.4 Å². The Labute approximate surface area is 191 Å². The van der Waals surface area contributed by atoms with Crippen molar-refractivity contribution >= 4 is 5.69 Å². The van der Waals surface area contributed by atoms with Crippen LogP contribution in [0.3, 0.4) is 0 Å². The molecule has 7 nitrogen and oxygen atoms in total. The van der Waals surface area contributed by atoms with E-state index in [1.807, 2.05) is 19.1 Å². The lowest BCUT2D eigenvalue weighted by molar-refractivity contribution is -0.0686. The van der Waals surface area contributed by atoms with Gasteiger partial charge in [-0.1, -0.05) is 6.07 Å². The Bertz CT molecular complexity index is 1110. The number of benzene rings is 2. The molecule has 3 aromatic rings. The minimum Gasteiger partial charge on any atom is -0.382 e. The fraction of sp³-hybridized carbons (Fsp3) is 0.375. The van der Waals surface area contributed by atoms with Crippen LogP contribution >= 0.6 is 0 Å². The molecule has 0 amide bonds. The number of nitrogens with one attached hydrogen (secondary N) is 1. The van der Waals surface area contributed by atoms with Crippen LogP contribution in [0.1, 0.15) is 30.9 Å². The van der Waals surface area contributed by atoms with Gasteiger partial charge in [-0.3, -0.25) is 4.90 Å². The molecule has 0 aliphatic carbocycles. The molecule has 9 heteroatoms. The Balaban J connectivity index is 1.48. The van der Waals surface area contributed by atoms with Crippen molar-refractivity contribution in [1.29, 1.82) is 5.26 Å². The topological polar surface area (TPSA) is 90.0 Å². The molecule has 1 aromatic heterocycles. The number of rotatable bonds is 7. The normalized spacial score (nSPS) is 17.8. The van der Waals surface area contributed by atoms with E-state index in [0.29, 0.717) is 18.7 Å². The lowest BCUT2D eigenvalue weighted by Gasteiger charge is -2.44. The number of halogens is 2. The maximum Gasteiger partial charge on any atom is 0.137 e. The highest BCUT2D eigenvalue weighted by Crippen LogP contribution is 2.34. The summed E-state index contributed by atoms with van der Waals surface area (Å²) in [5, 5.41) is 28.3. The van der Waals surface area contributed by atoms with Gasteiger partial charge in [0.05, 0.1) is 18.2 Å². The number of aliphatic hydroxyl groups is 1. The van der Waals surface area contributed by atoms with Crippen molar-refractivity contribution in [3.63, 3.8) is 0 Å². The number of nitrogens with zero attached hydrogens (tertiary/aromatic N) is 5. The van der Waals surface area contributed by atoms with Gasteiger partial charge in [0.15, 0.2) is 0 Å². The largest absolute Gasteiger partial charge is 0.382 e. The van der Waals surface area contributed by atoms with Gasteiger partial charge in [0.25, 0.3) is 0 Å². The molecule has 0 bridgehead atoms. The van der Waals surface area contributed by atoms with Crippen LogP contribution in [0, 0.1) is 23.0 Å². The van der Waals surface area contributed by atoms with Gasteiger partial charge in [-0.15, -0.1) is 0 Å². The zero-order valence-corrected chi connectivity index (χ0v) is 18.3. The van der Waals surface area contributed by atoms with E-state index in [4.69, 9.17) is 5.26 Å². The fourth-order valence-electron chi connectivity index (χ4n) is 4.45. The van der Waals surface area contributed by atoms with Crippen LogP contribution in [-0.2, 0) is 12.1 Å². The van der Waals surface area contributed by atoms with E-state index in [9.17, 15) is 13.9 Å². The lowest BCUT2D eigenvalue weighted by atomic mass is 9.84. The first-order chi connectivity index (χ1) is 15.9. The van der Waals surface area contributed by atoms with E-state index in [1.165, 1.54) is 23.4 Å². The summed E-state index contributed by atoms with van der Waals surface area (Å²) in [6.45, 7) is 3.23. The molecule has 2 N–H and O–H groups in total. The number of anilines is 1. The SMILES string of the molecule is C[C@@H](N1CCC(Nc2ccc(C#N)cc2)CC1)[C@](O)(Cn1cncn1)c1ccc(F)cc1F. The lowest BCUT2D eigenvalue weighted by Crippen LogP contribution is -2.55. The van der Waals surface area contributed by atoms with Crippen LogP contribution in [0.5, 0.6) is 0 Å². The fourth-order valence-corrected chi connectivity index (χ4v) is 4.45. The van der Waals surface area contributed by atoms with E-state index < -0.39 is 23.3 Å². The average Bonchev–Trinajstić information content (AvgIpc) is 3.32. The van der Waals surface area contributed by atoms with Crippen molar-refractivity contribution in [2.45, 2.75) is 44.0 Å². The maximum atomic E-state index is 14.8. The highest BCUT2D eigenvalue weighted by Gasteiger charge is 2.42. The molecule has 0 unspecified atom stereocenters. The maximum absolute atomic E-state index is 14.8. The highest BCUT2D eigenvalue weighted by molar-refractivity contribution is 5.47. The van der Waals surface area contributed by atoms with Gasteiger partial charge in [0.1, 0.15) is 29.9 Å². The van der Waals surface area contributed by atoms with E-state index in [0.717, 1.165) is 30.7 Å². The second kappa shape index (κ2) is 9.65. The van der Waals surface area contributed by atoms with Crippen LogP contribution in [0.2, 0.25) is 0 Å². The van der Waals surface area contributed by atoms with Crippen molar-refractivity contribution < 1.29 is 13.9 Å². The molecule has 172 valence electrons. The van der Waals surface area contributed by atoms with Crippen LogP contribution in [-0.4, -0.2) is 49.9 Å². The Morgan fingerprint density at radius 1 is 1.21 bits per heavy atom. The summed E-state index contributed by atoms with van der Waals surface area (Å²) in [5.41, 5.74) is -0.0380. The molecule has 2 aromatic carbocycles. The molecule has 0 saturated carbocycles. The summed E-state index contributed by atoms with van der Waals surface area (Å²) in [4.78, 5) is 6.04. The molecule has 1 aliphatic heterocycles. The summed E-state index contributed by atoms with van der Waals surface area (Å²) >= 11 is 0. The molecule has 0 radical (unpaired) electrons. The molecule has 1 saturated heterocycles. The molecule has 1 fully saturated rings. The van der Waals surface area contributed by atoms with E-state index in [-0.39, 0.29) is 18.2 Å². The van der Waals surface area contributed by atoms with Gasteiger partial charge in [0, 0.05) is 42.5 Å². The minimum atomic E-state index is -1.64. The first-order valence-electron chi connectivity index (χ1n) is 10.9. The molecule has 33 heavy (non-hydrogen) atoms. The molecule has 4 rings (SSSR count). The summed E-state index contributed by atoms with van der Waals surface area (Å²) in [6.07, 6.45) is 4.48. The van der Waals surface area contributed by atoms with E-state index in [1.54, 1.807) is 12.1 Å². The second-order valence-corrected chi connectivity index (χ2v) is 8.46. The Morgan fingerprint density at radius 2 is 1.94 bits per heavy atom. The third-order valence-corrected chi connectivity index (χ3v) is 6.42. The molecular formula is C24H26F2N6O. The Morgan fingerprint density at radius 3 is 2.55 bits per heavy atom. The van der Waals surface area contributed by atoms with Crippen molar-refractivity contribution in [3.8, 4) is 6.07 Å². The third-order valence-electron chi connectivity index (χ3n) is 6.42. The summed E-state index contributed by atoms with van der Waals surface area (Å²) < 4.78 is 29.8. The predicted molar refractivity (Wildman–Crippen MR) is 119 cm³/mol. The third kappa shape index (κ3) is 5.02. The number of nitriles is 1. The molecule has 1 aliphatic rings. The quantitative estimate of drug-likeness (QED) is 0.572. The van der Waals surface area contributed by atoms with Crippen LogP contribution in [0.25, 0.3) is 0 Å². The number of hydrogen-bond donors (Lipinski definition) is 2. The standard InChI is InChI=1S/C24H26F2N6O/c1-17(31-10-8-21(9-11-31)30-20-5-2-18(13-27)3-6-20)24(33,14-32-16-28-15-29-32)22-7-4-19(25)12-23(22)26/h2-7,12,15-17,21,30,33H,8-11,14H2,1H3/t17-,24-/m1/s1. The van der Waals surface area contributed by atoms with Crippen LogP contribution in [0.4, 0.5) is 14.5 Å². The second-order valence-electron chi connectivity index (χ2n) is 8.46. The number of hydrogen-bond acceptors (Lipinski definition) is 6. The van der Waals surface area contributed by atoms with Gasteiger partial charge in [-0.05, 0) is 50.1 Å². The summed E-state index contributed by atoms with van der Waals surface area (Å²) in [6, 6.07) is 12.5. The van der Waals surface area contributed by atoms with E-state index >= 15 is 0 Å². The number of likely N-dealkylation sites (tertiary alicyclic amines) is 1. The first-order valence-corrected chi connectivity index (χ1v) is 10.9. The molecule has 0 spiro atoms. The summed E-state index contributed by atoms with van der Waals surface area (Å²) in [7, 11) is 0. The number of piperidine rings is 1. The van der Waals surface area contributed by atoms with Gasteiger partial charge in [0.2, 0.25) is 0 Å². The summed E-state index contributed by atoms with van der Waals surface area (Å²) in [5.74, 6) is -1.48.